The molecule has 0 aromatic carbocycles. The lowest BCUT2D eigenvalue weighted by Crippen LogP contribution is -2.47. The van der Waals surface area contributed by atoms with E-state index >= 15 is 0 Å². The smallest absolute Gasteiger partial charge is 0.333 e. The van der Waals surface area contributed by atoms with E-state index in [0.29, 0.717) is 24.6 Å². The third kappa shape index (κ3) is 7.71. The minimum absolute atomic E-state index is 0.132. The van der Waals surface area contributed by atoms with Crippen LogP contribution in [0.2, 0.25) is 0 Å². The third-order valence-corrected chi connectivity index (χ3v) is 6.80. The quantitative estimate of drug-likeness (QED) is 0.123. The van der Waals surface area contributed by atoms with Crippen molar-refractivity contribution in [3.05, 3.63) is 0 Å². The van der Waals surface area contributed by atoms with Crippen LogP contribution in [-0.4, -0.2) is 59.6 Å². The van der Waals surface area contributed by atoms with Gasteiger partial charge in [0.05, 0.1) is 13.2 Å². The highest BCUT2D eigenvalue weighted by Crippen LogP contribution is 2.38. The highest BCUT2D eigenvalue weighted by molar-refractivity contribution is 8.02. The molecule has 0 aromatic rings. The van der Waals surface area contributed by atoms with Gasteiger partial charge in [-0.05, 0) is 58.1 Å². The summed E-state index contributed by atoms with van der Waals surface area (Å²) in [4.78, 5) is 31.3. The van der Waals surface area contributed by atoms with Gasteiger partial charge in [0, 0.05) is 13.1 Å². The Labute approximate surface area is 184 Å². The number of aliphatic imine (C=N–C) groups is 1. The number of hydrogen-bond acceptors (Lipinski definition) is 7. The first-order chi connectivity index (χ1) is 14.4. The molecule has 170 valence electrons. The molecule has 1 saturated carbocycles. The van der Waals surface area contributed by atoms with E-state index in [1.165, 1.54) is 35.9 Å². The van der Waals surface area contributed by atoms with Crippen LogP contribution >= 0.6 is 11.8 Å². The Morgan fingerprint density at radius 1 is 1.17 bits per heavy atom. The summed E-state index contributed by atoms with van der Waals surface area (Å²) in [5, 5.41) is 9.34. The molecule has 1 aliphatic rings. The number of guanidine groups is 1. The number of carbonyl (C=O) groups excluding carboxylic acids is 2. The Morgan fingerprint density at radius 3 is 2.27 bits per heavy atom. The van der Waals surface area contributed by atoms with Gasteiger partial charge >= 0.3 is 11.9 Å². The number of nitriles is 1. The van der Waals surface area contributed by atoms with Crippen LogP contribution in [0.5, 0.6) is 0 Å². The third-order valence-electron chi connectivity index (χ3n) is 5.13. The van der Waals surface area contributed by atoms with Crippen molar-refractivity contribution in [2.75, 3.05) is 32.1 Å². The first kappa shape index (κ1) is 26.1. The normalized spacial score (nSPS) is 15.3. The highest BCUT2D eigenvalue weighted by Gasteiger charge is 2.49. The Kier molecular flexibility index (Phi) is 12.3. The summed E-state index contributed by atoms with van der Waals surface area (Å²) in [6.45, 7) is 6.37. The molecular weight excluding hydrogens is 404 g/mol. The number of nitrogens with two attached hydrogens (primary N) is 1. The number of carbonyl (C=O) groups is 2. The van der Waals surface area contributed by atoms with E-state index < -0.39 is 16.7 Å². The second kappa shape index (κ2) is 14.1. The zero-order valence-corrected chi connectivity index (χ0v) is 19.3. The molecule has 0 saturated heterocycles. The molecule has 9 heteroatoms. The molecule has 2 N–H and O–H groups in total. The zero-order valence-electron chi connectivity index (χ0n) is 18.5. The molecule has 0 spiro atoms. The maximum Gasteiger partial charge on any atom is 0.333 e. The first-order valence-electron chi connectivity index (χ1n) is 10.9. The van der Waals surface area contributed by atoms with Crippen molar-refractivity contribution >= 4 is 29.7 Å². The number of esters is 2. The van der Waals surface area contributed by atoms with Gasteiger partial charge in [0.1, 0.15) is 0 Å². The highest BCUT2D eigenvalue weighted by atomic mass is 32.2. The van der Waals surface area contributed by atoms with Crippen LogP contribution < -0.4 is 5.73 Å². The molecule has 0 unspecified atom stereocenters. The summed E-state index contributed by atoms with van der Waals surface area (Å²) in [6, 6.07) is 0. The SMILES string of the molecule is CCN=C(N)N(C#N)CCCC(SCC1CCCCC1)(C(=O)OCC)C(=O)OCC. The summed E-state index contributed by atoms with van der Waals surface area (Å²) in [7, 11) is 0. The Morgan fingerprint density at radius 2 is 1.77 bits per heavy atom. The van der Waals surface area contributed by atoms with Crippen LogP contribution in [0.1, 0.15) is 65.7 Å². The van der Waals surface area contributed by atoms with E-state index in [2.05, 4.69) is 4.99 Å². The summed E-state index contributed by atoms with van der Waals surface area (Å²) in [5.41, 5.74) is 5.82. The van der Waals surface area contributed by atoms with Gasteiger partial charge in [-0.2, -0.15) is 5.26 Å². The predicted molar refractivity (Wildman–Crippen MR) is 119 cm³/mol. The van der Waals surface area contributed by atoms with Crippen molar-refractivity contribution < 1.29 is 19.1 Å². The zero-order chi connectivity index (χ0) is 22.4. The minimum Gasteiger partial charge on any atom is -0.465 e. The molecule has 1 rings (SSSR count). The van der Waals surface area contributed by atoms with E-state index in [4.69, 9.17) is 15.2 Å². The number of hydrogen-bond donors (Lipinski definition) is 1. The molecule has 0 aromatic heterocycles. The molecule has 0 heterocycles. The summed E-state index contributed by atoms with van der Waals surface area (Å²) >= 11 is 1.34. The Hall–Kier alpha value is -1.95. The van der Waals surface area contributed by atoms with Crippen LogP contribution in [0.3, 0.4) is 0 Å². The second-order valence-corrected chi connectivity index (χ2v) is 8.59. The van der Waals surface area contributed by atoms with Gasteiger partial charge in [-0.15, -0.1) is 11.8 Å². The van der Waals surface area contributed by atoms with Crippen molar-refractivity contribution in [1.82, 2.24) is 4.90 Å². The molecule has 1 aliphatic carbocycles. The monoisotopic (exact) mass is 440 g/mol. The van der Waals surface area contributed by atoms with E-state index in [0.717, 1.165) is 12.8 Å². The van der Waals surface area contributed by atoms with E-state index in [9.17, 15) is 14.9 Å². The standard InChI is InChI=1S/C21H36N4O4S/c1-4-24-20(23)25(16-22)14-10-13-21(18(26)28-5-2,19(27)29-6-3)30-15-17-11-8-7-9-12-17/h17H,4-15H2,1-3H3,(H2,23,24). The van der Waals surface area contributed by atoms with Crippen LogP contribution in [0, 0.1) is 17.4 Å². The molecule has 0 radical (unpaired) electrons. The first-order valence-corrected chi connectivity index (χ1v) is 11.9. The fraction of sp³-hybridized carbons (Fsp3) is 0.810. The average molecular weight is 441 g/mol. The largest absolute Gasteiger partial charge is 0.465 e. The van der Waals surface area contributed by atoms with Gasteiger partial charge in [-0.25, -0.2) is 14.5 Å². The predicted octanol–water partition coefficient (Wildman–Crippen LogP) is 3.06. The number of ether oxygens (including phenoxy) is 2. The van der Waals surface area contributed by atoms with E-state index in [-0.39, 0.29) is 32.1 Å². The average Bonchev–Trinajstić information content (AvgIpc) is 2.74. The maximum atomic E-state index is 13.0. The fourth-order valence-electron chi connectivity index (χ4n) is 3.54. The lowest BCUT2D eigenvalue weighted by Gasteiger charge is -2.31. The molecular formula is C21H36N4O4S. The van der Waals surface area contributed by atoms with Gasteiger partial charge < -0.3 is 15.2 Å². The number of nitrogens with zero attached hydrogens (tertiary/aromatic N) is 3. The van der Waals surface area contributed by atoms with Crippen molar-refractivity contribution in [2.45, 2.75) is 70.5 Å². The molecule has 0 aliphatic heterocycles. The second-order valence-electron chi connectivity index (χ2n) is 7.27. The van der Waals surface area contributed by atoms with E-state index in [1.54, 1.807) is 13.8 Å². The lowest BCUT2D eigenvalue weighted by atomic mass is 9.91. The van der Waals surface area contributed by atoms with Crippen LogP contribution in [-0.2, 0) is 19.1 Å². The van der Waals surface area contributed by atoms with Crippen molar-refractivity contribution in [3.63, 3.8) is 0 Å². The Balaban J connectivity index is 2.99. The molecule has 0 atom stereocenters. The number of rotatable bonds is 12. The van der Waals surface area contributed by atoms with Crippen molar-refractivity contribution in [2.24, 2.45) is 16.6 Å². The Bertz CT molecular complexity index is 597. The van der Waals surface area contributed by atoms with Crippen molar-refractivity contribution in [1.29, 1.82) is 5.26 Å². The lowest BCUT2D eigenvalue weighted by molar-refractivity contribution is -0.159. The van der Waals surface area contributed by atoms with Gasteiger partial charge in [0.2, 0.25) is 10.7 Å². The summed E-state index contributed by atoms with van der Waals surface area (Å²) in [5.74, 6) is 0.188. The van der Waals surface area contributed by atoms with Gasteiger partial charge in [0.25, 0.3) is 0 Å². The van der Waals surface area contributed by atoms with Crippen molar-refractivity contribution in [3.8, 4) is 6.19 Å². The minimum atomic E-state index is -1.43. The summed E-state index contributed by atoms with van der Waals surface area (Å²) in [6.07, 6.45) is 8.44. The fourth-order valence-corrected chi connectivity index (χ4v) is 5.03. The van der Waals surface area contributed by atoms with Crippen LogP contribution in [0.4, 0.5) is 0 Å². The van der Waals surface area contributed by atoms with Crippen LogP contribution in [0.25, 0.3) is 0 Å². The molecule has 1 fully saturated rings. The molecule has 30 heavy (non-hydrogen) atoms. The van der Waals surface area contributed by atoms with Gasteiger partial charge in [-0.1, -0.05) is 19.3 Å². The molecule has 0 bridgehead atoms. The van der Waals surface area contributed by atoms with Gasteiger partial charge in [0.15, 0.2) is 6.19 Å². The molecule has 0 amide bonds. The topological polar surface area (TPSA) is 118 Å². The maximum absolute atomic E-state index is 13.0. The van der Waals surface area contributed by atoms with Crippen LogP contribution in [0.15, 0.2) is 4.99 Å². The van der Waals surface area contributed by atoms with E-state index in [1.807, 2.05) is 13.1 Å². The van der Waals surface area contributed by atoms with Gasteiger partial charge in [-0.3, -0.25) is 4.99 Å². The summed E-state index contributed by atoms with van der Waals surface area (Å²) < 4.78 is 9.16. The number of thioether (sulfide) groups is 1. The molecule has 8 nitrogen and oxygen atoms in total.